The quantitative estimate of drug-likeness (QED) is 0.797. The number of carbonyl (C=O) groups excluding carboxylic acids is 1. The highest BCUT2D eigenvalue weighted by Gasteiger charge is 2.19. The summed E-state index contributed by atoms with van der Waals surface area (Å²) < 4.78 is 25.2. The molecule has 1 amide bonds. The molecule has 104 valence electrons. The number of hydrazine groups is 1. The standard InChI is InChI=1S/C11H16N4O3S/c1-12-19(17,18)10-5-4-9(8-13-10)11(16)15-7-3-2-6-14-15/h4-5,8,12,14H,2-3,6-7H2,1H3. The monoisotopic (exact) mass is 284 g/mol. The number of hydrogen-bond donors (Lipinski definition) is 2. The summed E-state index contributed by atoms with van der Waals surface area (Å²) in [6.45, 7) is 1.42. The Kier molecular flexibility index (Phi) is 4.13. The molecule has 0 bridgehead atoms. The lowest BCUT2D eigenvalue weighted by molar-refractivity contribution is 0.0610. The minimum absolute atomic E-state index is 0.0989. The summed E-state index contributed by atoms with van der Waals surface area (Å²) in [7, 11) is -2.25. The van der Waals surface area contributed by atoms with E-state index in [2.05, 4.69) is 15.1 Å². The fraction of sp³-hybridized carbons (Fsp3) is 0.455. The van der Waals surface area contributed by atoms with Gasteiger partial charge in [0.1, 0.15) is 0 Å². The van der Waals surface area contributed by atoms with Gasteiger partial charge in [0.15, 0.2) is 5.03 Å². The second kappa shape index (κ2) is 5.64. The van der Waals surface area contributed by atoms with E-state index < -0.39 is 10.0 Å². The van der Waals surface area contributed by atoms with Crippen molar-refractivity contribution in [3.63, 3.8) is 0 Å². The molecular weight excluding hydrogens is 268 g/mol. The summed E-state index contributed by atoms with van der Waals surface area (Å²) >= 11 is 0. The van der Waals surface area contributed by atoms with Gasteiger partial charge in [-0.05, 0) is 32.0 Å². The lowest BCUT2D eigenvalue weighted by Gasteiger charge is -2.27. The van der Waals surface area contributed by atoms with E-state index in [9.17, 15) is 13.2 Å². The molecule has 0 aromatic carbocycles. The molecule has 1 aliphatic rings. The fourth-order valence-electron chi connectivity index (χ4n) is 1.79. The van der Waals surface area contributed by atoms with E-state index in [1.54, 1.807) is 0 Å². The van der Waals surface area contributed by atoms with Gasteiger partial charge in [0.2, 0.25) is 0 Å². The molecule has 1 fully saturated rings. The largest absolute Gasteiger partial charge is 0.274 e. The number of nitrogens with zero attached hydrogens (tertiary/aromatic N) is 2. The number of carbonyl (C=O) groups is 1. The van der Waals surface area contributed by atoms with Crippen LogP contribution in [0.15, 0.2) is 23.4 Å². The van der Waals surface area contributed by atoms with E-state index in [0.29, 0.717) is 12.1 Å². The van der Waals surface area contributed by atoms with Crippen LogP contribution < -0.4 is 10.1 Å². The predicted octanol–water partition coefficient (Wildman–Crippen LogP) is -0.270. The van der Waals surface area contributed by atoms with Gasteiger partial charge in [0, 0.05) is 19.3 Å². The Balaban J connectivity index is 2.16. The van der Waals surface area contributed by atoms with Crippen LogP contribution >= 0.6 is 0 Å². The summed E-state index contributed by atoms with van der Waals surface area (Å²) in [6.07, 6.45) is 3.28. The van der Waals surface area contributed by atoms with Crippen LogP contribution in [0.25, 0.3) is 0 Å². The van der Waals surface area contributed by atoms with Gasteiger partial charge < -0.3 is 0 Å². The molecule has 0 aliphatic carbocycles. The Morgan fingerprint density at radius 2 is 2.21 bits per heavy atom. The Morgan fingerprint density at radius 1 is 1.42 bits per heavy atom. The van der Waals surface area contributed by atoms with Crippen molar-refractivity contribution in [3.8, 4) is 0 Å². The lowest BCUT2D eigenvalue weighted by atomic mass is 10.2. The van der Waals surface area contributed by atoms with Crippen LogP contribution in [0.1, 0.15) is 23.2 Å². The molecule has 2 rings (SSSR count). The number of rotatable bonds is 3. The third-order valence-electron chi connectivity index (χ3n) is 2.88. The van der Waals surface area contributed by atoms with Crippen LogP contribution in [0, 0.1) is 0 Å². The van der Waals surface area contributed by atoms with Crippen molar-refractivity contribution >= 4 is 15.9 Å². The van der Waals surface area contributed by atoms with E-state index >= 15 is 0 Å². The van der Waals surface area contributed by atoms with Crippen molar-refractivity contribution in [2.45, 2.75) is 17.9 Å². The van der Waals surface area contributed by atoms with E-state index in [1.165, 1.54) is 30.4 Å². The maximum absolute atomic E-state index is 12.1. The average molecular weight is 284 g/mol. The highest BCUT2D eigenvalue weighted by Crippen LogP contribution is 2.10. The average Bonchev–Trinajstić information content (AvgIpc) is 2.47. The first-order chi connectivity index (χ1) is 9.04. The number of amides is 1. The summed E-state index contributed by atoms with van der Waals surface area (Å²) in [6, 6.07) is 2.79. The topological polar surface area (TPSA) is 91.4 Å². The molecule has 2 heterocycles. The molecule has 0 atom stereocenters. The van der Waals surface area contributed by atoms with Gasteiger partial charge in [-0.1, -0.05) is 0 Å². The summed E-state index contributed by atoms with van der Waals surface area (Å²) in [5, 5.41) is 1.44. The van der Waals surface area contributed by atoms with Crippen LogP contribution in [0.5, 0.6) is 0 Å². The van der Waals surface area contributed by atoms with Gasteiger partial charge in [-0.25, -0.2) is 23.5 Å². The van der Waals surface area contributed by atoms with Crippen molar-refractivity contribution in [2.75, 3.05) is 20.1 Å². The fourth-order valence-corrected chi connectivity index (χ4v) is 2.44. The van der Waals surface area contributed by atoms with E-state index in [1.807, 2.05) is 0 Å². The second-order valence-electron chi connectivity index (χ2n) is 4.16. The van der Waals surface area contributed by atoms with Crippen molar-refractivity contribution in [1.29, 1.82) is 0 Å². The maximum Gasteiger partial charge on any atom is 0.269 e. The molecule has 0 radical (unpaired) electrons. The van der Waals surface area contributed by atoms with E-state index in [-0.39, 0.29) is 10.9 Å². The minimum atomic E-state index is -3.57. The van der Waals surface area contributed by atoms with E-state index in [4.69, 9.17) is 0 Å². The third kappa shape index (κ3) is 3.09. The highest BCUT2D eigenvalue weighted by atomic mass is 32.2. The minimum Gasteiger partial charge on any atom is -0.274 e. The van der Waals surface area contributed by atoms with Crippen molar-refractivity contribution in [2.24, 2.45) is 0 Å². The van der Waals surface area contributed by atoms with Crippen LogP contribution in [0.2, 0.25) is 0 Å². The van der Waals surface area contributed by atoms with Crippen molar-refractivity contribution in [3.05, 3.63) is 23.9 Å². The van der Waals surface area contributed by atoms with Crippen molar-refractivity contribution in [1.82, 2.24) is 20.1 Å². The third-order valence-corrected chi connectivity index (χ3v) is 4.21. The van der Waals surface area contributed by atoms with Crippen LogP contribution in [0.4, 0.5) is 0 Å². The zero-order valence-corrected chi connectivity index (χ0v) is 11.4. The maximum atomic E-state index is 12.1. The first kappa shape index (κ1) is 13.9. The SMILES string of the molecule is CNS(=O)(=O)c1ccc(C(=O)N2CCCCN2)cn1. The molecule has 19 heavy (non-hydrogen) atoms. The molecule has 0 spiro atoms. The second-order valence-corrected chi connectivity index (χ2v) is 6.00. The van der Waals surface area contributed by atoms with Gasteiger partial charge in [-0.15, -0.1) is 0 Å². The Hall–Kier alpha value is -1.51. The number of nitrogens with one attached hydrogen (secondary N) is 2. The summed E-state index contributed by atoms with van der Waals surface area (Å²) in [5.74, 6) is -0.194. The van der Waals surface area contributed by atoms with Gasteiger partial charge in [0.05, 0.1) is 5.56 Å². The summed E-state index contributed by atoms with van der Waals surface area (Å²) in [4.78, 5) is 15.9. The van der Waals surface area contributed by atoms with Crippen LogP contribution in [0.3, 0.4) is 0 Å². The molecular formula is C11H16N4O3S. The predicted molar refractivity (Wildman–Crippen MR) is 68.8 cm³/mol. The van der Waals surface area contributed by atoms with Gasteiger partial charge in [0.25, 0.3) is 15.9 Å². The zero-order chi connectivity index (χ0) is 13.9. The lowest BCUT2D eigenvalue weighted by Crippen LogP contribution is -2.47. The first-order valence-electron chi connectivity index (χ1n) is 5.99. The Morgan fingerprint density at radius 3 is 2.74 bits per heavy atom. The smallest absolute Gasteiger partial charge is 0.269 e. The number of hydrogen-bond acceptors (Lipinski definition) is 5. The number of aromatic nitrogens is 1. The molecule has 0 unspecified atom stereocenters. The highest BCUT2D eigenvalue weighted by molar-refractivity contribution is 7.89. The normalized spacial score (nSPS) is 16.4. The van der Waals surface area contributed by atoms with Gasteiger partial charge in [-0.3, -0.25) is 9.80 Å². The first-order valence-corrected chi connectivity index (χ1v) is 7.48. The summed E-state index contributed by atoms with van der Waals surface area (Å²) in [5.41, 5.74) is 3.36. The molecule has 1 aromatic rings. The van der Waals surface area contributed by atoms with Crippen molar-refractivity contribution < 1.29 is 13.2 Å². The molecule has 2 N–H and O–H groups in total. The molecule has 1 aromatic heterocycles. The Bertz CT molecular complexity index is 550. The molecule has 7 nitrogen and oxygen atoms in total. The molecule has 1 aliphatic heterocycles. The molecule has 8 heteroatoms. The Labute approximate surface area is 112 Å². The van der Waals surface area contributed by atoms with Crippen LogP contribution in [-0.2, 0) is 10.0 Å². The molecule has 0 saturated carbocycles. The zero-order valence-electron chi connectivity index (χ0n) is 10.6. The van der Waals surface area contributed by atoms with E-state index in [0.717, 1.165) is 19.4 Å². The van der Waals surface area contributed by atoms with Crippen LogP contribution in [-0.4, -0.2) is 44.5 Å². The molecule has 1 saturated heterocycles. The van der Waals surface area contributed by atoms with Gasteiger partial charge in [-0.2, -0.15) is 0 Å². The number of pyridine rings is 1. The number of sulfonamides is 1. The van der Waals surface area contributed by atoms with Gasteiger partial charge >= 0.3 is 0 Å².